The van der Waals surface area contributed by atoms with E-state index in [1.165, 1.54) is 7.11 Å². The minimum Gasteiger partial charge on any atom is -0.465 e. The van der Waals surface area contributed by atoms with Crippen LogP contribution in [-0.4, -0.2) is 31.8 Å². The monoisotopic (exact) mass is 284 g/mol. The zero-order chi connectivity index (χ0) is 14.0. The molecule has 0 bridgehead atoms. The van der Waals surface area contributed by atoms with Gasteiger partial charge in [0.25, 0.3) is 0 Å². The van der Waals surface area contributed by atoms with E-state index in [2.05, 4.69) is 5.32 Å². The van der Waals surface area contributed by atoms with Gasteiger partial charge in [0.15, 0.2) is 0 Å². The van der Waals surface area contributed by atoms with Crippen molar-refractivity contribution in [3.05, 3.63) is 22.7 Å². The maximum absolute atomic E-state index is 11.8. The van der Waals surface area contributed by atoms with Gasteiger partial charge in [0.2, 0.25) is 0 Å². The molecule has 6 heteroatoms. The van der Waals surface area contributed by atoms with Gasteiger partial charge in [0.05, 0.1) is 35.5 Å². The third kappa shape index (κ3) is 2.93. The van der Waals surface area contributed by atoms with Gasteiger partial charge >= 0.3 is 5.97 Å². The molecule has 1 aromatic rings. The molecule has 1 heterocycles. The summed E-state index contributed by atoms with van der Waals surface area (Å²) in [7, 11) is 1.32. The third-order valence-electron chi connectivity index (χ3n) is 3.22. The first-order valence-corrected chi connectivity index (χ1v) is 6.46. The quantitative estimate of drug-likeness (QED) is 0.658. The van der Waals surface area contributed by atoms with Crippen LogP contribution in [0.5, 0.6) is 0 Å². The fourth-order valence-corrected chi connectivity index (χ4v) is 2.43. The van der Waals surface area contributed by atoms with Crippen LogP contribution in [0.1, 0.15) is 23.7 Å². The molecule has 1 saturated heterocycles. The number of hydrogen-bond donors (Lipinski definition) is 2. The van der Waals surface area contributed by atoms with Crippen LogP contribution in [-0.2, 0) is 9.47 Å². The maximum Gasteiger partial charge on any atom is 0.340 e. The average Bonchev–Trinajstić information content (AvgIpc) is 2.77. The van der Waals surface area contributed by atoms with Crippen LogP contribution in [0, 0.1) is 0 Å². The topological polar surface area (TPSA) is 73.6 Å². The van der Waals surface area contributed by atoms with Crippen molar-refractivity contribution in [1.29, 1.82) is 0 Å². The summed E-state index contributed by atoms with van der Waals surface area (Å²) >= 11 is 6.17. The van der Waals surface area contributed by atoms with Crippen LogP contribution >= 0.6 is 11.6 Å². The Kier molecular flexibility index (Phi) is 4.17. The average molecular weight is 285 g/mol. The lowest BCUT2D eigenvalue weighted by molar-refractivity contribution is 0.0601. The summed E-state index contributed by atoms with van der Waals surface area (Å²) in [5, 5.41) is 3.66. The Morgan fingerprint density at radius 2 is 2.32 bits per heavy atom. The fourth-order valence-electron chi connectivity index (χ4n) is 2.15. The fraction of sp³-hybridized carbons (Fsp3) is 0.462. The van der Waals surface area contributed by atoms with E-state index in [0.29, 0.717) is 28.6 Å². The van der Waals surface area contributed by atoms with Gasteiger partial charge in [-0.15, -0.1) is 0 Å². The minimum absolute atomic E-state index is 0.0686. The van der Waals surface area contributed by atoms with Crippen molar-refractivity contribution in [1.82, 2.24) is 0 Å². The number of nitrogens with one attached hydrogen (secondary N) is 1. The van der Waals surface area contributed by atoms with Crippen LogP contribution in [0.15, 0.2) is 12.1 Å². The number of esters is 1. The van der Waals surface area contributed by atoms with Gasteiger partial charge in [0.1, 0.15) is 0 Å². The zero-order valence-corrected chi connectivity index (χ0v) is 11.7. The molecule has 1 aliphatic heterocycles. The van der Waals surface area contributed by atoms with Gasteiger partial charge in [-0.1, -0.05) is 11.6 Å². The van der Waals surface area contributed by atoms with E-state index in [9.17, 15) is 4.79 Å². The molecule has 1 aliphatic rings. The Labute approximate surface area is 117 Å². The number of benzene rings is 1. The number of anilines is 2. The molecule has 0 radical (unpaired) electrons. The number of carbonyl (C=O) groups is 1. The normalized spacial score (nSPS) is 22.3. The Balaban J connectivity index is 2.34. The molecule has 0 aliphatic carbocycles. The van der Waals surface area contributed by atoms with E-state index in [4.69, 9.17) is 26.8 Å². The molecule has 2 unspecified atom stereocenters. The highest BCUT2D eigenvalue weighted by Crippen LogP contribution is 2.32. The van der Waals surface area contributed by atoms with E-state index >= 15 is 0 Å². The molecule has 1 fully saturated rings. The first-order chi connectivity index (χ1) is 9.02. The summed E-state index contributed by atoms with van der Waals surface area (Å²) in [4.78, 5) is 11.8. The Morgan fingerprint density at radius 1 is 1.58 bits per heavy atom. The Hall–Kier alpha value is -1.46. The summed E-state index contributed by atoms with van der Waals surface area (Å²) in [6, 6.07) is 3.28. The van der Waals surface area contributed by atoms with E-state index in [1.807, 2.05) is 6.92 Å². The second-order valence-electron chi connectivity index (χ2n) is 4.53. The predicted molar refractivity (Wildman–Crippen MR) is 74.6 cm³/mol. The Morgan fingerprint density at radius 3 is 2.89 bits per heavy atom. The smallest absolute Gasteiger partial charge is 0.340 e. The number of nitrogen functional groups attached to an aromatic ring is 1. The van der Waals surface area contributed by atoms with Crippen molar-refractivity contribution in [2.45, 2.75) is 25.5 Å². The summed E-state index contributed by atoms with van der Waals surface area (Å²) in [5.74, 6) is -0.469. The third-order valence-corrected chi connectivity index (χ3v) is 3.52. The molecule has 0 aromatic heterocycles. The molecule has 0 spiro atoms. The van der Waals surface area contributed by atoms with E-state index in [0.717, 1.165) is 6.42 Å². The van der Waals surface area contributed by atoms with Crippen molar-refractivity contribution < 1.29 is 14.3 Å². The molecule has 2 atom stereocenters. The minimum atomic E-state index is -0.469. The Bertz CT molecular complexity index is 493. The van der Waals surface area contributed by atoms with Crippen LogP contribution in [0.2, 0.25) is 5.02 Å². The summed E-state index contributed by atoms with van der Waals surface area (Å²) in [6.07, 6.45) is 0.932. The number of rotatable bonds is 3. The molecule has 1 aromatic carbocycles. The number of methoxy groups -OCH3 is 1. The van der Waals surface area contributed by atoms with Crippen LogP contribution in [0.4, 0.5) is 11.4 Å². The SMILES string of the molecule is COC(=O)c1cc(N)cc(Cl)c1NC1CCOC1C. The molecular weight excluding hydrogens is 268 g/mol. The van der Waals surface area contributed by atoms with Crippen molar-refractivity contribution in [2.24, 2.45) is 0 Å². The van der Waals surface area contributed by atoms with Crippen LogP contribution in [0.25, 0.3) is 0 Å². The molecule has 19 heavy (non-hydrogen) atoms. The second-order valence-corrected chi connectivity index (χ2v) is 4.94. The lowest BCUT2D eigenvalue weighted by atomic mass is 10.1. The van der Waals surface area contributed by atoms with E-state index < -0.39 is 5.97 Å². The second kappa shape index (κ2) is 5.67. The van der Waals surface area contributed by atoms with Crippen molar-refractivity contribution in [3.8, 4) is 0 Å². The molecule has 2 rings (SSSR count). The maximum atomic E-state index is 11.8. The highest BCUT2D eigenvalue weighted by molar-refractivity contribution is 6.34. The largest absolute Gasteiger partial charge is 0.465 e. The summed E-state index contributed by atoms with van der Waals surface area (Å²) < 4.78 is 10.2. The van der Waals surface area contributed by atoms with Gasteiger partial charge in [-0.2, -0.15) is 0 Å². The number of hydrogen-bond acceptors (Lipinski definition) is 5. The van der Waals surface area contributed by atoms with Gasteiger partial charge in [-0.25, -0.2) is 4.79 Å². The molecular formula is C13H17ClN2O3. The van der Waals surface area contributed by atoms with Crippen molar-refractivity contribution in [2.75, 3.05) is 24.8 Å². The standard InChI is InChI=1S/C13H17ClN2O3/c1-7-11(3-4-19-7)16-12-9(13(17)18-2)5-8(15)6-10(12)14/h5-7,11,16H,3-4,15H2,1-2H3. The lowest BCUT2D eigenvalue weighted by Gasteiger charge is -2.20. The zero-order valence-electron chi connectivity index (χ0n) is 10.9. The molecule has 0 saturated carbocycles. The van der Waals surface area contributed by atoms with E-state index in [-0.39, 0.29) is 12.1 Å². The lowest BCUT2D eigenvalue weighted by Crippen LogP contribution is -2.28. The molecule has 3 N–H and O–H groups in total. The first kappa shape index (κ1) is 14.0. The van der Waals surface area contributed by atoms with Gasteiger partial charge in [-0.05, 0) is 25.5 Å². The van der Waals surface area contributed by atoms with Crippen molar-refractivity contribution in [3.63, 3.8) is 0 Å². The van der Waals surface area contributed by atoms with Crippen LogP contribution in [0.3, 0.4) is 0 Å². The number of ether oxygens (including phenoxy) is 2. The predicted octanol–water partition coefficient (Wildman–Crippen LogP) is 2.30. The molecule has 104 valence electrons. The van der Waals surface area contributed by atoms with Gasteiger partial charge in [0, 0.05) is 12.3 Å². The number of carbonyl (C=O) groups excluding carboxylic acids is 1. The number of nitrogens with two attached hydrogens (primary N) is 1. The van der Waals surface area contributed by atoms with E-state index in [1.54, 1.807) is 12.1 Å². The molecule has 0 amide bonds. The first-order valence-electron chi connectivity index (χ1n) is 6.08. The number of halogens is 1. The van der Waals surface area contributed by atoms with Gasteiger partial charge < -0.3 is 20.5 Å². The summed E-state index contributed by atoms with van der Waals surface area (Å²) in [5.41, 5.74) is 7.02. The summed E-state index contributed by atoms with van der Waals surface area (Å²) in [6.45, 7) is 2.67. The highest BCUT2D eigenvalue weighted by atomic mass is 35.5. The molecule has 5 nitrogen and oxygen atoms in total. The van der Waals surface area contributed by atoms with Gasteiger partial charge in [-0.3, -0.25) is 0 Å². The van der Waals surface area contributed by atoms with Crippen molar-refractivity contribution >= 4 is 28.9 Å². The highest BCUT2D eigenvalue weighted by Gasteiger charge is 2.26. The van der Waals surface area contributed by atoms with Crippen LogP contribution < -0.4 is 11.1 Å².